The second-order valence-electron chi connectivity index (χ2n) is 7.23. The molecule has 0 saturated carbocycles. The molecule has 0 amide bonds. The van der Waals surface area contributed by atoms with E-state index in [0.717, 1.165) is 25.8 Å². The van der Waals surface area contributed by atoms with Crippen LogP contribution >= 0.6 is 0 Å². The quantitative estimate of drug-likeness (QED) is 0.488. The summed E-state index contributed by atoms with van der Waals surface area (Å²) in [5, 5.41) is 8.86. The number of nitriles is 1. The number of sulfonamides is 1. The first-order valence-electron chi connectivity index (χ1n) is 9.89. The second kappa shape index (κ2) is 9.85. The van der Waals surface area contributed by atoms with Crippen molar-refractivity contribution in [2.24, 2.45) is 0 Å². The topological polar surface area (TPSA) is 99.5 Å². The number of carbonyl (C=O) groups excluding carboxylic acids is 1. The van der Waals surface area contributed by atoms with E-state index in [1.165, 1.54) is 31.2 Å². The molecule has 2 aromatic carbocycles. The van der Waals surface area contributed by atoms with Crippen molar-refractivity contribution in [2.45, 2.75) is 37.2 Å². The summed E-state index contributed by atoms with van der Waals surface area (Å²) in [5.74, 6) is 0.726. The van der Waals surface area contributed by atoms with Crippen LogP contribution in [-0.2, 0) is 10.0 Å². The molecule has 0 aliphatic carbocycles. The van der Waals surface area contributed by atoms with Gasteiger partial charge in [0.25, 0.3) is 0 Å². The zero-order valence-electron chi connectivity index (χ0n) is 16.9. The van der Waals surface area contributed by atoms with E-state index in [0.29, 0.717) is 30.0 Å². The van der Waals surface area contributed by atoms with E-state index in [-0.39, 0.29) is 16.8 Å². The Hall–Kier alpha value is -2.73. The van der Waals surface area contributed by atoms with Crippen LogP contribution in [0.1, 0.15) is 42.1 Å². The van der Waals surface area contributed by atoms with E-state index in [1.54, 1.807) is 24.3 Å². The number of hydrogen-bond acceptors (Lipinski definition) is 6. The summed E-state index contributed by atoms with van der Waals surface area (Å²) in [6, 6.07) is 14.9. The van der Waals surface area contributed by atoms with Gasteiger partial charge >= 0.3 is 0 Å². The largest absolute Gasteiger partial charge is 0.494 e. The summed E-state index contributed by atoms with van der Waals surface area (Å²) in [7, 11) is -3.65. The Bertz CT molecular complexity index is 1010. The molecule has 1 aliphatic rings. The third kappa shape index (κ3) is 5.66. The number of likely N-dealkylation sites (tertiary alicyclic amines) is 1. The standard InChI is InChI=1S/C22H25N3O4S/c1-17(26)19-7-9-20(10-8-19)29-15-3-14-25-13-2-4-22(25)24-30(27,28)21-11-5-18(16-23)6-12-21/h5-12,22,24H,2-4,13-15H2,1H3. The molecule has 1 unspecified atom stereocenters. The van der Waals surface area contributed by atoms with Gasteiger partial charge in [0, 0.05) is 12.1 Å². The fourth-order valence-corrected chi connectivity index (χ4v) is 4.68. The lowest BCUT2D eigenvalue weighted by atomic mass is 10.1. The summed E-state index contributed by atoms with van der Waals surface area (Å²) >= 11 is 0. The smallest absolute Gasteiger partial charge is 0.241 e. The first kappa shape index (κ1) is 22.0. The molecule has 3 rings (SSSR count). The molecule has 0 aromatic heterocycles. The minimum absolute atomic E-state index is 0.0186. The maximum atomic E-state index is 12.7. The van der Waals surface area contributed by atoms with Gasteiger partial charge in [-0.25, -0.2) is 8.42 Å². The number of Topliss-reactive ketones (excluding diaryl/α,β-unsaturated/α-hetero) is 1. The summed E-state index contributed by atoms with van der Waals surface area (Å²) < 4.78 is 33.8. The summed E-state index contributed by atoms with van der Waals surface area (Å²) in [4.78, 5) is 13.6. The maximum absolute atomic E-state index is 12.7. The van der Waals surface area contributed by atoms with Gasteiger partial charge < -0.3 is 4.74 Å². The average molecular weight is 428 g/mol. The van der Waals surface area contributed by atoms with E-state index in [4.69, 9.17) is 10.00 Å². The van der Waals surface area contributed by atoms with Crippen molar-refractivity contribution in [1.29, 1.82) is 5.26 Å². The van der Waals surface area contributed by atoms with E-state index >= 15 is 0 Å². The molecule has 1 saturated heterocycles. The molecule has 1 heterocycles. The number of rotatable bonds is 9. The number of ether oxygens (including phenoxy) is 1. The van der Waals surface area contributed by atoms with Crippen LogP contribution in [0.2, 0.25) is 0 Å². The average Bonchev–Trinajstić information content (AvgIpc) is 3.17. The summed E-state index contributed by atoms with van der Waals surface area (Å²) in [6.45, 7) is 3.57. The molecule has 0 radical (unpaired) electrons. The number of nitrogens with zero attached hydrogens (tertiary/aromatic N) is 2. The monoisotopic (exact) mass is 427 g/mol. The third-order valence-corrected chi connectivity index (χ3v) is 6.54. The molecule has 30 heavy (non-hydrogen) atoms. The first-order valence-corrected chi connectivity index (χ1v) is 11.4. The van der Waals surface area contributed by atoms with Crippen molar-refractivity contribution in [3.63, 3.8) is 0 Å². The Morgan fingerprint density at radius 3 is 2.53 bits per heavy atom. The highest BCUT2D eigenvalue weighted by atomic mass is 32.2. The van der Waals surface area contributed by atoms with Crippen molar-refractivity contribution in [3.8, 4) is 11.8 Å². The van der Waals surface area contributed by atoms with E-state index < -0.39 is 10.0 Å². The highest BCUT2D eigenvalue weighted by Crippen LogP contribution is 2.19. The van der Waals surface area contributed by atoms with Gasteiger partial charge in [0.1, 0.15) is 5.75 Å². The lowest BCUT2D eigenvalue weighted by Crippen LogP contribution is -2.44. The molecular weight excluding hydrogens is 402 g/mol. The predicted octanol–water partition coefficient (Wildman–Crippen LogP) is 2.93. The van der Waals surface area contributed by atoms with Crippen LogP contribution in [0.5, 0.6) is 5.75 Å². The lowest BCUT2D eigenvalue weighted by molar-refractivity contribution is 0.101. The molecule has 8 heteroatoms. The maximum Gasteiger partial charge on any atom is 0.241 e. The van der Waals surface area contributed by atoms with Crippen molar-refractivity contribution >= 4 is 15.8 Å². The normalized spacial score (nSPS) is 16.9. The number of hydrogen-bond donors (Lipinski definition) is 1. The second-order valence-corrected chi connectivity index (χ2v) is 8.95. The van der Waals surface area contributed by atoms with Gasteiger partial charge in [-0.1, -0.05) is 0 Å². The van der Waals surface area contributed by atoms with Crippen molar-refractivity contribution < 1.29 is 17.9 Å². The molecule has 1 aliphatic heterocycles. The predicted molar refractivity (Wildman–Crippen MR) is 113 cm³/mol. The molecule has 0 bridgehead atoms. The first-order chi connectivity index (χ1) is 14.4. The summed E-state index contributed by atoms with van der Waals surface area (Å²) in [5.41, 5.74) is 1.07. The number of ketones is 1. The Morgan fingerprint density at radius 1 is 1.20 bits per heavy atom. The minimum atomic E-state index is -3.65. The van der Waals surface area contributed by atoms with Gasteiger partial charge in [0.2, 0.25) is 10.0 Å². The fourth-order valence-electron chi connectivity index (χ4n) is 3.43. The van der Waals surface area contributed by atoms with E-state index in [2.05, 4.69) is 9.62 Å². The van der Waals surface area contributed by atoms with Crippen LogP contribution in [0.25, 0.3) is 0 Å². The highest BCUT2D eigenvalue weighted by molar-refractivity contribution is 7.89. The summed E-state index contributed by atoms with van der Waals surface area (Å²) in [6.07, 6.45) is 2.18. The molecule has 2 aromatic rings. The molecule has 1 N–H and O–H groups in total. The van der Waals surface area contributed by atoms with Crippen molar-refractivity contribution in [1.82, 2.24) is 9.62 Å². The Morgan fingerprint density at radius 2 is 1.90 bits per heavy atom. The van der Waals surface area contributed by atoms with Crippen LogP contribution in [0.4, 0.5) is 0 Å². The zero-order chi connectivity index (χ0) is 21.6. The van der Waals surface area contributed by atoms with Gasteiger partial charge in [-0.05, 0) is 81.3 Å². The minimum Gasteiger partial charge on any atom is -0.494 e. The van der Waals surface area contributed by atoms with Crippen LogP contribution in [0.3, 0.4) is 0 Å². The van der Waals surface area contributed by atoms with Crippen molar-refractivity contribution in [3.05, 3.63) is 59.7 Å². The third-order valence-electron chi connectivity index (χ3n) is 5.07. The van der Waals surface area contributed by atoms with Crippen LogP contribution < -0.4 is 9.46 Å². The highest BCUT2D eigenvalue weighted by Gasteiger charge is 2.28. The molecule has 1 atom stereocenters. The van der Waals surface area contributed by atoms with E-state index in [1.807, 2.05) is 6.07 Å². The van der Waals surface area contributed by atoms with Crippen LogP contribution in [0, 0.1) is 11.3 Å². The molecule has 158 valence electrons. The lowest BCUT2D eigenvalue weighted by Gasteiger charge is -2.25. The van der Waals surface area contributed by atoms with Crippen molar-refractivity contribution in [2.75, 3.05) is 19.7 Å². The molecule has 1 fully saturated rings. The number of benzene rings is 2. The van der Waals surface area contributed by atoms with E-state index in [9.17, 15) is 13.2 Å². The SMILES string of the molecule is CC(=O)c1ccc(OCCCN2CCCC2NS(=O)(=O)c2ccc(C#N)cc2)cc1. The van der Waals surface area contributed by atoms with Gasteiger partial charge in [0.05, 0.1) is 29.3 Å². The number of nitrogens with one attached hydrogen (secondary N) is 1. The van der Waals surface area contributed by atoms with Crippen LogP contribution in [0.15, 0.2) is 53.4 Å². The Labute approximate surface area is 177 Å². The molecule has 7 nitrogen and oxygen atoms in total. The zero-order valence-corrected chi connectivity index (χ0v) is 17.7. The van der Waals surface area contributed by atoms with Crippen LogP contribution in [-0.4, -0.2) is 45.0 Å². The Kier molecular flexibility index (Phi) is 7.21. The van der Waals surface area contributed by atoms with Gasteiger partial charge in [-0.15, -0.1) is 0 Å². The van der Waals surface area contributed by atoms with Gasteiger partial charge in [-0.3, -0.25) is 9.69 Å². The van der Waals surface area contributed by atoms with Gasteiger partial charge in [0.15, 0.2) is 5.78 Å². The molecular formula is C22H25N3O4S. The molecule has 0 spiro atoms. The number of carbonyl (C=O) groups is 1. The van der Waals surface area contributed by atoms with Gasteiger partial charge in [-0.2, -0.15) is 9.98 Å². The Balaban J connectivity index is 1.49. The fraction of sp³-hybridized carbons (Fsp3) is 0.364.